The molecular weight excluding hydrogens is 494 g/mol. The van der Waals surface area contributed by atoms with Crippen molar-refractivity contribution in [3.8, 4) is 11.5 Å². The van der Waals surface area contributed by atoms with E-state index in [0.717, 1.165) is 11.1 Å². The molecule has 2 fully saturated rings. The number of aryl methyl sites for hydroxylation is 1. The Kier molecular flexibility index (Phi) is 7.82. The Bertz CT molecular complexity index is 1200. The van der Waals surface area contributed by atoms with Crippen molar-refractivity contribution in [3.05, 3.63) is 47.2 Å². The number of likely N-dealkylation sites (tertiary alicyclic amines) is 1. The van der Waals surface area contributed by atoms with E-state index in [4.69, 9.17) is 9.47 Å². The van der Waals surface area contributed by atoms with Gasteiger partial charge in [-0.15, -0.1) is 0 Å². The van der Waals surface area contributed by atoms with Gasteiger partial charge in [-0.1, -0.05) is 13.0 Å². The molecule has 0 aliphatic carbocycles. The van der Waals surface area contributed by atoms with Crippen LogP contribution in [0.2, 0.25) is 0 Å². The smallest absolute Gasteiger partial charge is 0.339 e. The fourth-order valence-electron chi connectivity index (χ4n) is 5.22. The van der Waals surface area contributed by atoms with Gasteiger partial charge >= 0.3 is 5.97 Å². The van der Waals surface area contributed by atoms with Crippen molar-refractivity contribution in [2.24, 2.45) is 5.41 Å². The van der Waals surface area contributed by atoms with E-state index in [2.05, 4.69) is 4.98 Å². The first-order chi connectivity index (χ1) is 18.0. The molecule has 1 aromatic carbocycles. The molecule has 2 saturated heterocycles. The number of benzene rings is 1. The van der Waals surface area contributed by atoms with Gasteiger partial charge in [-0.25, -0.2) is 9.78 Å². The summed E-state index contributed by atoms with van der Waals surface area (Å²) in [6, 6.07) is 7.09. The van der Waals surface area contributed by atoms with Crippen LogP contribution < -0.4 is 14.4 Å². The number of hydrogen-bond donors (Lipinski definition) is 4. The summed E-state index contributed by atoms with van der Waals surface area (Å²) in [7, 11) is 1.54. The number of carbonyl (C=O) groups excluding carboxylic acids is 1. The zero-order valence-electron chi connectivity index (χ0n) is 22.0. The molecule has 0 radical (unpaired) electrons. The van der Waals surface area contributed by atoms with E-state index in [1.54, 1.807) is 32.2 Å². The maximum atomic E-state index is 12.6. The highest BCUT2D eigenvalue weighted by Crippen LogP contribution is 2.47. The molecule has 11 heteroatoms. The Morgan fingerprint density at radius 2 is 1.89 bits per heavy atom. The topological polar surface area (TPSA) is 153 Å². The summed E-state index contributed by atoms with van der Waals surface area (Å²) in [6.07, 6.45) is -0.855. The number of aromatic nitrogens is 1. The molecule has 0 spiro atoms. The Labute approximate surface area is 221 Å². The van der Waals surface area contributed by atoms with Gasteiger partial charge in [-0.05, 0) is 43.2 Å². The number of aromatic carboxylic acids is 1. The Morgan fingerprint density at radius 1 is 1.18 bits per heavy atom. The first-order valence-corrected chi connectivity index (χ1v) is 12.5. The molecule has 2 aliphatic heterocycles. The summed E-state index contributed by atoms with van der Waals surface area (Å²) in [5.74, 6) is -0.459. The molecule has 4 rings (SSSR count). The number of amides is 1. The lowest BCUT2D eigenvalue weighted by Gasteiger charge is -2.40. The molecule has 11 nitrogen and oxygen atoms in total. The van der Waals surface area contributed by atoms with Gasteiger partial charge in [0.15, 0.2) is 17.6 Å². The molecular formula is C27H35N3O8. The van der Waals surface area contributed by atoms with E-state index >= 15 is 0 Å². The van der Waals surface area contributed by atoms with Crippen LogP contribution in [0.1, 0.15) is 41.3 Å². The van der Waals surface area contributed by atoms with Gasteiger partial charge < -0.3 is 39.7 Å². The largest absolute Gasteiger partial charge is 0.493 e. The standard InChI is InChI=1S/C27H35N3O8/c1-15-7-19(26(35)36)24(28-9-15)29-10-18(11-29)38-23-8-17(5-6-22(23)37-4)20-12-30(25(34)21(33)13-31)14-27(20,3)16(2)32/h5-9,16,18,20-21,31-33H,10-14H2,1-4H3,(H,35,36)/t16?,20-,21?,27-/m0/s1. The van der Waals surface area contributed by atoms with Gasteiger partial charge in [0.2, 0.25) is 0 Å². The highest BCUT2D eigenvalue weighted by atomic mass is 16.5. The second kappa shape index (κ2) is 10.8. The molecule has 2 aliphatic rings. The highest BCUT2D eigenvalue weighted by Gasteiger charge is 2.49. The van der Waals surface area contributed by atoms with Crippen molar-refractivity contribution in [2.75, 3.05) is 44.8 Å². The van der Waals surface area contributed by atoms with Gasteiger partial charge in [0.25, 0.3) is 5.91 Å². The second-order valence-electron chi connectivity index (χ2n) is 10.4. The van der Waals surface area contributed by atoms with Crippen LogP contribution in [-0.2, 0) is 4.79 Å². The first kappa shape index (κ1) is 27.6. The summed E-state index contributed by atoms with van der Waals surface area (Å²) in [4.78, 5) is 31.9. The summed E-state index contributed by atoms with van der Waals surface area (Å²) in [6.45, 7) is 6.07. The van der Waals surface area contributed by atoms with Gasteiger partial charge in [0.1, 0.15) is 17.5 Å². The monoisotopic (exact) mass is 529 g/mol. The summed E-state index contributed by atoms with van der Waals surface area (Å²) in [5, 5.41) is 39.3. The predicted molar refractivity (Wildman–Crippen MR) is 138 cm³/mol. The predicted octanol–water partition coefficient (Wildman–Crippen LogP) is 1.03. The molecule has 3 heterocycles. The van der Waals surface area contributed by atoms with E-state index in [9.17, 15) is 30.0 Å². The number of nitrogens with zero attached hydrogens (tertiary/aromatic N) is 3. The fraction of sp³-hybridized carbons (Fsp3) is 0.519. The van der Waals surface area contributed by atoms with Crippen LogP contribution in [0, 0.1) is 12.3 Å². The third-order valence-corrected chi connectivity index (χ3v) is 7.72. The van der Waals surface area contributed by atoms with Crippen molar-refractivity contribution in [1.82, 2.24) is 9.88 Å². The lowest BCUT2D eigenvalue weighted by molar-refractivity contribution is -0.141. The number of methoxy groups -OCH3 is 1. The van der Waals surface area contributed by atoms with Crippen molar-refractivity contribution in [1.29, 1.82) is 0 Å². The Morgan fingerprint density at radius 3 is 2.50 bits per heavy atom. The minimum absolute atomic E-state index is 0.145. The minimum atomic E-state index is -1.51. The number of carbonyl (C=O) groups is 2. The van der Waals surface area contributed by atoms with Crippen molar-refractivity contribution in [3.63, 3.8) is 0 Å². The Hall–Kier alpha value is -3.41. The van der Waals surface area contributed by atoms with Crippen LogP contribution in [0.4, 0.5) is 5.82 Å². The van der Waals surface area contributed by atoms with E-state index in [1.165, 1.54) is 12.0 Å². The first-order valence-electron chi connectivity index (χ1n) is 12.5. The maximum absolute atomic E-state index is 12.6. The van der Waals surface area contributed by atoms with Gasteiger partial charge in [-0.2, -0.15) is 0 Å². The number of pyridine rings is 1. The van der Waals surface area contributed by atoms with E-state index < -0.39 is 36.1 Å². The van der Waals surface area contributed by atoms with Crippen molar-refractivity contribution < 1.29 is 39.5 Å². The van der Waals surface area contributed by atoms with Crippen LogP contribution in [0.25, 0.3) is 0 Å². The average molecular weight is 530 g/mol. The van der Waals surface area contributed by atoms with Gasteiger partial charge in [0.05, 0.1) is 32.9 Å². The quantitative estimate of drug-likeness (QED) is 0.370. The normalized spacial score (nSPS) is 23.1. The molecule has 4 N–H and O–H groups in total. The van der Waals surface area contributed by atoms with Crippen LogP contribution in [-0.4, -0.2) is 100 Å². The van der Waals surface area contributed by atoms with Gasteiger partial charge in [0, 0.05) is 30.6 Å². The van der Waals surface area contributed by atoms with Crippen LogP contribution in [0.5, 0.6) is 11.5 Å². The van der Waals surface area contributed by atoms with E-state index in [-0.39, 0.29) is 30.7 Å². The van der Waals surface area contributed by atoms with Crippen molar-refractivity contribution >= 4 is 17.7 Å². The molecule has 38 heavy (non-hydrogen) atoms. The lowest BCUT2D eigenvalue weighted by Crippen LogP contribution is -2.54. The summed E-state index contributed by atoms with van der Waals surface area (Å²) in [5.41, 5.74) is 1.05. The number of aliphatic hydroxyl groups excluding tert-OH is 3. The number of rotatable bonds is 9. The average Bonchev–Trinajstić information content (AvgIpc) is 3.23. The number of aliphatic hydroxyl groups is 3. The molecule has 2 aromatic rings. The van der Waals surface area contributed by atoms with Gasteiger partial charge in [-0.3, -0.25) is 4.79 Å². The molecule has 0 saturated carbocycles. The molecule has 2 unspecified atom stereocenters. The highest BCUT2D eigenvalue weighted by molar-refractivity contribution is 5.93. The second-order valence-corrected chi connectivity index (χ2v) is 10.4. The zero-order valence-corrected chi connectivity index (χ0v) is 22.0. The molecule has 1 amide bonds. The molecule has 4 atom stereocenters. The number of carboxylic acids is 1. The fourth-order valence-corrected chi connectivity index (χ4v) is 5.22. The Balaban J connectivity index is 1.54. The SMILES string of the molecule is COc1ccc([C@@H]2CN(C(=O)C(O)CO)C[C@@]2(C)C(C)O)cc1OC1CN(c2ncc(C)cc2C(=O)O)C1. The number of ether oxygens (including phenoxy) is 2. The third kappa shape index (κ3) is 5.13. The lowest BCUT2D eigenvalue weighted by atomic mass is 9.72. The van der Waals surface area contributed by atoms with Crippen LogP contribution in [0.15, 0.2) is 30.5 Å². The van der Waals surface area contributed by atoms with Crippen molar-refractivity contribution in [2.45, 2.75) is 45.0 Å². The number of carboxylic acid groups (broad SMARTS) is 1. The van der Waals surface area contributed by atoms with Crippen LogP contribution >= 0.6 is 0 Å². The van der Waals surface area contributed by atoms with E-state index in [1.807, 2.05) is 24.0 Å². The maximum Gasteiger partial charge on any atom is 0.339 e. The zero-order chi connectivity index (χ0) is 27.8. The third-order valence-electron chi connectivity index (χ3n) is 7.72. The molecule has 1 aromatic heterocycles. The number of hydrogen-bond acceptors (Lipinski definition) is 9. The summed E-state index contributed by atoms with van der Waals surface area (Å²) >= 11 is 0. The molecule has 0 bridgehead atoms. The molecule has 206 valence electrons. The summed E-state index contributed by atoms with van der Waals surface area (Å²) < 4.78 is 11.8. The van der Waals surface area contributed by atoms with Crippen LogP contribution in [0.3, 0.4) is 0 Å². The number of anilines is 1. The van der Waals surface area contributed by atoms with E-state index in [0.29, 0.717) is 30.4 Å². The minimum Gasteiger partial charge on any atom is -0.493 e.